The third-order valence-electron chi connectivity index (χ3n) is 3.94. The fraction of sp³-hybridized carbons (Fsp3) is 0.556. The highest BCUT2D eigenvalue weighted by atomic mass is 35.5. The zero-order valence-electron chi connectivity index (χ0n) is 14.8. The highest BCUT2D eigenvalue weighted by Crippen LogP contribution is 2.21. The lowest BCUT2D eigenvalue weighted by molar-refractivity contribution is -0.126. The van der Waals surface area contributed by atoms with Gasteiger partial charge < -0.3 is 15.0 Å². The Morgan fingerprint density at radius 2 is 2.12 bits per heavy atom. The Balaban J connectivity index is 1.92. The van der Waals surface area contributed by atoms with Crippen LogP contribution in [0.25, 0.3) is 0 Å². The second-order valence-corrected chi connectivity index (χ2v) is 7.59. The summed E-state index contributed by atoms with van der Waals surface area (Å²) in [6, 6.07) is 4.40. The van der Waals surface area contributed by atoms with Crippen molar-refractivity contribution in [3.63, 3.8) is 0 Å². The highest BCUT2D eigenvalue weighted by molar-refractivity contribution is 6.31. The van der Waals surface area contributed by atoms with E-state index >= 15 is 0 Å². The number of piperidine rings is 1. The van der Waals surface area contributed by atoms with Gasteiger partial charge in [0.25, 0.3) is 0 Å². The second kappa shape index (κ2) is 8.04. The van der Waals surface area contributed by atoms with Gasteiger partial charge in [-0.25, -0.2) is 9.18 Å². The molecule has 1 heterocycles. The molecular weight excluding hydrogens is 347 g/mol. The van der Waals surface area contributed by atoms with Gasteiger partial charge in [0, 0.05) is 30.2 Å². The van der Waals surface area contributed by atoms with Crippen molar-refractivity contribution >= 4 is 23.6 Å². The topological polar surface area (TPSA) is 58.6 Å². The van der Waals surface area contributed by atoms with Crippen LogP contribution in [0.5, 0.6) is 0 Å². The fourth-order valence-corrected chi connectivity index (χ4v) is 2.93. The van der Waals surface area contributed by atoms with E-state index in [4.69, 9.17) is 16.3 Å². The first kappa shape index (κ1) is 19.5. The summed E-state index contributed by atoms with van der Waals surface area (Å²) in [6.07, 6.45) is 0.982. The van der Waals surface area contributed by atoms with Crippen molar-refractivity contribution in [1.29, 1.82) is 0 Å². The average Bonchev–Trinajstić information content (AvgIpc) is 2.52. The van der Waals surface area contributed by atoms with E-state index in [1.807, 2.05) is 0 Å². The normalized spacial score (nSPS) is 18.0. The van der Waals surface area contributed by atoms with Crippen molar-refractivity contribution in [2.75, 3.05) is 13.1 Å². The molecule has 1 aliphatic rings. The number of hydrogen-bond donors (Lipinski definition) is 1. The van der Waals surface area contributed by atoms with Crippen LogP contribution < -0.4 is 5.32 Å². The summed E-state index contributed by atoms with van der Waals surface area (Å²) in [7, 11) is 0. The fourth-order valence-electron chi connectivity index (χ4n) is 2.70. The number of rotatable bonds is 3. The van der Waals surface area contributed by atoms with E-state index in [9.17, 15) is 14.0 Å². The first-order valence-corrected chi connectivity index (χ1v) is 8.73. The van der Waals surface area contributed by atoms with E-state index in [0.717, 1.165) is 6.42 Å². The summed E-state index contributed by atoms with van der Waals surface area (Å²) < 4.78 is 19.1. The molecule has 1 atom stereocenters. The Kier molecular flexibility index (Phi) is 6.27. The molecule has 1 N–H and O–H groups in total. The van der Waals surface area contributed by atoms with Crippen molar-refractivity contribution < 1.29 is 18.7 Å². The summed E-state index contributed by atoms with van der Waals surface area (Å²) in [5, 5.41) is 2.99. The Bertz CT molecular complexity index is 625. The van der Waals surface area contributed by atoms with E-state index in [-0.39, 0.29) is 29.0 Å². The Morgan fingerprint density at radius 3 is 2.76 bits per heavy atom. The monoisotopic (exact) mass is 370 g/mol. The van der Waals surface area contributed by atoms with Crippen molar-refractivity contribution in [1.82, 2.24) is 10.2 Å². The average molecular weight is 371 g/mol. The maximum atomic E-state index is 13.8. The molecule has 0 bridgehead atoms. The smallest absolute Gasteiger partial charge is 0.410 e. The Hall–Kier alpha value is -1.82. The standard InChI is InChI=1S/C18H24ClFN2O3/c1-18(2,3)25-17(24)22-9-5-6-12(11-22)16(23)21-10-13-14(19)7-4-8-15(13)20/h4,7-8,12H,5-6,9-11H2,1-3H3,(H,21,23)/t12-/m0/s1. The number of hydrogen-bond acceptors (Lipinski definition) is 3. The molecule has 0 radical (unpaired) electrons. The molecule has 0 aliphatic carbocycles. The predicted molar refractivity (Wildman–Crippen MR) is 93.8 cm³/mol. The molecule has 5 nitrogen and oxygen atoms in total. The lowest BCUT2D eigenvalue weighted by atomic mass is 9.97. The van der Waals surface area contributed by atoms with Crippen molar-refractivity contribution in [2.45, 2.75) is 45.8 Å². The highest BCUT2D eigenvalue weighted by Gasteiger charge is 2.31. The molecule has 138 valence electrons. The van der Waals surface area contributed by atoms with Crippen LogP contribution in [0.15, 0.2) is 18.2 Å². The molecule has 7 heteroatoms. The van der Waals surface area contributed by atoms with Gasteiger partial charge >= 0.3 is 6.09 Å². The summed E-state index contributed by atoms with van der Waals surface area (Å²) >= 11 is 5.96. The minimum absolute atomic E-state index is 0.0211. The number of ether oxygens (including phenoxy) is 1. The summed E-state index contributed by atoms with van der Waals surface area (Å²) in [4.78, 5) is 26.1. The van der Waals surface area contributed by atoms with Crippen LogP contribution in [0.2, 0.25) is 5.02 Å². The van der Waals surface area contributed by atoms with E-state index in [1.165, 1.54) is 12.1 Å². The number of amides is 2. The van der Waals surface area contributed by atoms with E-state index in [2.05, 4.69) is 5.32 Å². The van der Waals surface area contributed by atoms with Crippen molar-refractivity contribution in [3.05, 3.63) is 34.6 Å². The van der Waals surface area contributed by atoms with Gasteiger partial charge in [-0.15, -0.1) is 0 Å². The number of likely N-dealkylation sites (tertiary alicyclic amines) is 1. The molecule has 1 saturated heterocycles. The Morgan fingerprint density at radius 1 is 1.40 bits per heavy atom. The van der Waals surface area contributed by atoms with Gasteiger partial charge in [0.1, 0.15) is 11.4 Å². The maximum absolute atomic E-state index is 13.8. The maximum Gasteiger partial charge on any atom is 0.410 e. The van der Waals surface area contributed by atoms with E-state index in [1.54, 1.807) is 31.7 Å². The quantitative estimate of drug-likeness (QED) is 0.881. The molecule has 2 rings (SSSR count). The molecule has 0 spiro atoms. The van der Waals surface area contributed by atoms with Gasteiger partial charge in [0.05, 0.1) is 5.92 Å². The largest absolute Gasteiger partial charge is 0.444 e. The third kappa shape index (κ3) is 5.59. The number of halogens is 2. The zero-order valence-corrected chi connectivity index (χ0v) is 15.5. The SMILES string of the molecule is CC(C)(C)OC(=O)N1CCC[C@H](C(=O)NCc2c(F)cccc2Cl)C1. The first-order chi connectivity index (χ1) is 11.7. The molecule has 1 aromatic rings. The summed E-state index contributed by atoms with van der Waals surface area (Å²) in [5.41, 5.74) is -0.314. The summed E-state index contributed by atoms with van der Waals surface area (Å²) in [5.74, 6) is -1.01. The van der Waals surface area contributed by atoms with Gasteiger partial charge in [0.15, 0.2) is 0 Å². The number of nitrogens with one attached hydrogen (secondary N) is 1. The molecular formula is C18H24ClFN2O3. The van der Waals surface area contributed by atoms with Gasteiger partial charge in [0.2, 0.25) is 5.91 Å². The molecule has 0 aromatic heterocycles. The zero-order chi connectivity index (χ0) is 18.6. The number of carbonyl (C=O) groups is 2. The predicted octanol–water partition coefficient (Wildman–Crippen LogP) is 3.74. The van der Waals surface area contributed by atoms with Gasteiger partial charge in [-0.2, -0.15) is 0 Å². The van der Waals surface area contributed by atoms with Crippen LogP contribution >= 0.6 is 11.6 Å². The van der Waals surface area contributed by atoms with Gasteiger partial charge in [-0.1, -0.05) is 17.7 Å². The van der Waals surface area contributed by atoms with E-state index in [0.29, 0.717) is 19.5 Å². The van der Waals surface area contributed by atoms with Crippen LogP contribution in [-0.4, -0.2) is 35.6 Å². The van der Waals surface area contributed by atoms with Gasteiger partial charge in [-0.3, -0.25) is 4.79 Å². The van der Waals surface area contributed by atoms with Crippen LogP contribution in [0.4, 0.5) is 9.18 Å². The number of benzene rings is 1. The lowest BCUT2D eigenvalue weighted by Crippen LogP contribution is -2.47. The molecule has 1 fully saturated rings. The van der Waals surface area contributed by atoms with E-state index < -0.39 is 17.5 Å². The van der Waals surface area contributed by atoms with Crippen LogP contribution in [0.3, 0.4) is 0 Å². The first-order valence-electron chi connectivity index (χ1n) is 8.36. The van der Waals surface area contributed by atoms with Crippen LogP contribution in [0.1, 0.15) is 39.2 Å². The molecule has 0 unspecified atom stereocenters. The van der Waals surface area contributed by atoms with Crippen molar-refractivity contribution in [2.24, 2.45) is 5.92 Å². The molecule has 0 saturated carbocycles. The van der Waals surface area contributed by atoms with Gasteiger partial charge in [-0.05, 0) is 45.7 Å². The number of carbonyl (C=O) groups excluding carboxylic acids is 2. The molecule has 25 heavy (non-hydrogen) atoms. The minimum Gasteiger partial charge on any atom is -0.444 e. The second-order valence-electron chi connectivity index (χ2n) is 7.18. The molecule has 2 amide bonds. The lowest BCUT2D eigenvalue weighted by Gasteiger charge is -2.33. The van der Waals surface area contributed by atoms with Crippen LogP contribution in [-0.2, 0) is 16.1 Å². The minimum atomic E-state index is -0.576. The van der Waals surface area contributed by atoms with Crippen LogP contribution in [0, 0.1) is 11.7 Å². The Labute approximate surface area is 152 Å². The van der Waals surface area contributed by atoms with Crippen molar-refractivity contribution in [3.8, 4) is 0 Å². The summed E-state index contributed by atoms with van der Waals surface area (Å²) in [6.45, 7) is 6.29. The molecule has 1 aliphatic heterocycles. The number of nitrogens with zero attached hydrogens (tertiary/aromatic N) is 1. The third-order valence-corrected chi connectivity index (χ3v) is 4.30. The molecule has 1 aromatic carbocycles.